The minimum Gasteiger partial charge on any atom is -0.497 e. The fourth-order valence-electron chi connectivity index (χ4n) is 2.83. The van der Waals surface area contributed by atoms with Crippen LogP contribution in [-0.4, -0.2) is 21.9 Å². The van der Waals surface area contributed by atoms with Crippen LogP contribution in [0.1, 0.15) is 31.5 Å². The van der Waals surface area contributed by atoms with Crippen LogP contribution in [0.4, 0.5) is 0 Å². The molecule has 1 fully saturated rings. The lowest BCUT2D eigenvalue weighted by molar-refractivity contribution is 0.414. The number of ether oxygens (including phenoxy) is 1. The first kappa shape index (κ1) is 12.9. The van der Waals surface area contributed by atoms with Crippen molar-refractivity contribution >= 4 is 0 Å². The van der Waals surface area contributed by atoms with Crippen LogP contribution in [0.3, 0.4) is 0 Å². The Bertz CT molecular complexity index is 651. The van der Waals surface area contributed by atoms with Crippen molar-refractivity contribution in [1.29, 1.82) is 0 Å². The Morgan fingerprint density at radius 2 is 1.95 bits per heavy atom. The molecule has 20 heavy (non-hydrogen) atoms. The number of aromatic amines is 1. The normalized spacial score (nSPS) is 17.3. The summed E-state index contributed by atoms with van der Waals surface area (Å²) in [5.74, 6) is 1.36. The second-order valence-electron chi connectivity index (χ2n) is 5.25. The zero-order valence-electron chi connectivity index (χ0n) is 11.4. The largest absolute Gasteiger partial charge is 0.497 e. The van der Waals surface area contributed by atoms with Crippen LogP contribution in [-0.2, 0) is 5.54 Å². The van der Waals surface area contributed by atoms with Crippen molar-refractivity contribution in [3.63, 3.8) is 0 Å². The smallest absolute Gasteiger partial charge is 0.347 e. The summed E-state index contributed by atoms with van der Waals surface area (Å²) in [6, 6.07) is 7.29. The standard InChI is InChI=1S/C14H18N4O2/c1-20-11-6-4-10(5-7-11)18-12(16-17-13(18)19)14(15)8-2-3-9-14/h4-7H,2-3,8-9,15H2,1H3,(H,17,19). The van der Waals surface area contributed by atoms with Crippen LogP contribution >= 0.6 is 0 Å². The third kappa shape index (κ3) is 2.02. The van der Waals surface area contributed by atoms with E-state index >= 15 is 0 Å². The van der Waals surface area contributed by atoms with Crippen LogP contribution in [0.5, 0.6) is 5.75 Å². The molecule has 0 spiro atoms. The molecule has 2 aromatic rings. The predicted molar refractivity (Wildman–Crippen MR) is 75.1 cm³/mol. The van der Waals surface area contributed by atoms with E-state index in [9.17, 15) is 4.79 Å². The molecule has 1 aromatic heterocycles. The number of benzene rings is 1. The molecule has 1 aromatic carbocycles. The Hall–Kier alpha value is -2.08. The van der Waals surface area contributed by atoms with Gasteiger partial charge < -0.3 is 10.5 Å². The number of nitrogens with one attached hydrogen (secondary N) is 1. The molecule has 1 saturated carbocycles. The molecule has 3 N–H and O–H groups in total. The topological polar surface area (TPSA) is 85.9 Å². The quantitative estimate of drug-likeness (QED) is 0.883. The fourth-order valence-corrected chi connectivity index (χ4v) is 2.83. The highest BCUT2D eigenvalue weighted by atomic mass is 16.5. The van der Waals surface area contributed by atoms with Gasteiger partial charge in [0.25, 0.3) is 0 Å². The molecule has 0 saturated heterocycles. The maximum Gasteiger partial charge on any atom is 0.347 e. The number of H-pyrrole nitrogens is 1. The second kappa shape index (κ2) is 4.79. The molecule has 0 atom stereocenters. The van der Waals surface area contributed by atoms with E-state index in [1.54, 1.807) is 11.7 Å². The second-order valence-corrected chi connectivity index (χ2v) is 5.25. The number of hydrogen-bond acceptors (Lipinski definition) is 4. The molecule has 0 aliphatic heterocycles. The Morgan fingerprint density at radius 3 is 2.55 bits per heavy atom. The van der Waals surface area contributed by atoms with E-state index in [4.69, 9.17) is 10.5 Å². The summed E-state index contributed by atoms with van der Waals surface area (Å²) in [5.41, 5.74) is 6.39. The zero-order chi connectivity index (χ0) is 14.2. The van der Waals surface area contributed by atoms with Crippen LogP contribution in [0.2, 0.25) is 0 Å². The molecule has 0 radical (unpaired) electrons. The summed E-state index contributed by atoms with van der Waals surface area (Å²) in [6.45, 7) is 0. The van der Waals surface area contributed by atoms with Crippen molar-refractivity contribution in [2.75, 3.05) is 7.11 Å². The lowest BCUT2D eigenvalue weighted by Crippen LogP contribution is -2.37. The van der Waals surface area contributed by atoms with Crippen LogP contribution in [0.15, 0.2) is 29.1 Å². The van der Waals surface area contributed by atoms with Crippen LogP contribution in [0.25, 0.3) is 5.69 Å². The number of nitrogens with two attached hydrogens (primary N) is 1. The minimum absolute atomic E-state index is 0.262. The van der Waals surface area contributed by atoms with Gasteiger partial charge in [-0.05, 0) is 37.1 Å². The van der Waals surface area contributed by atoms with E-state index in [-0.39, 0.29) is 5.69 Å². The highest BCUT2D eigenvalue weighted by Crippen LogP contribution is 2.35. The highest BCUT2D eigenvalue weighted by molar-refractivity contribution is 5.38. The van der Waals surface area contributed by atoms with Gasteiger partial charge in [-0.25, -0.2) is 14.5 Å². The molecule has 3 rings (SSSR count). The van der Waals surface area contributed by atoms with E-state index in [1.165, 1.54) is 0 Å². The molecule has 106 valence electrons. The van der Waals surface area contributed by atoms with Crippen molar-refractivity contribution in [1.82, 2.24) is 14.8 Å². The van der Waals surface area contributed by atoms with E-state index < -0.39 is 5.54 Å². The third-order valence-electron chi connectivity index (χ3n) is 3.94. The van der Waals surface area contributed by atoms with E-state index in [0.717, 1.165) is 37.1 Å². The maximum absolute atomic E-state index is 12.1. The Kier molecular flexibility index (Phi) is 3.10. The molecule has 0 unspecified atom stereocenters. The zero-order valence-corrected chi connectivity index (χ0v) is 11.4. The molecule has 1 aliphatic carbocycles. The SMILES string of the molecule is COc1ccc(-n2c(C3(N)CCCC3)n[nH]c2=O)cc1. The average Bonchev–Trinajstić information content (AvgIpc) is 3.06. The summed E-state index contributed by atoms with van der Waals surface area (Å²) in [4.78, 5) is 12.1. The van der Waals surface area contributed by atoms with Crippen molar-refractivity contribution in [2.45, 2.75) is 31.2 Å². The average molecular weight is 274 g/mol. The molecule has 1 aliphatic rings. The monoisotopic (exact) mass is 274 g/mol. The van der Waals surface area contributed by atoms with E-state index in [0.29, 0.717) is 5.82 Å². The molecule has 6 nitrogen and oxygen atoms in total. The van der Waals surface area contributed by atoms with Gasteiger partial charge in [-0.3, -0.25) is 0 Å². The Balaban J connectivity index is 2.08. The molecule has 0 bridgehead atoms. The van der Waals surface area contributed by atoms with Crippen molar-refractivity contribution in [2.24, 2.45) is 5.73 Å². The molecule has 1 heterocycles. The van der Waals surface area contributed by atoms with Crippen LogP contribution < -0.4 is 16.2 Å². The van der Waals surface area contributed by atoms with Gasteiger partial charge >= 0.3 is 5.69 Å². The van der Waals surface area contributed by atoms with Gasteiger partial charge in [0.1, 0.15) is 5.75 Å². The van der Waals surface area contributed by atoms with Crippen molar-refractivity contribution < 1.29 is 4.74 Å². The first-order valence-electron chi connectivity index (χ1n) is 6.75. The number of nitrogens with zero attached hydrogens (tertiary/aromatic N) is 2. The van der Waals surface area contributed by atoms with Crippen LogP contribution in [0, 0.1) is 0 Å². The first-order chi connectivity index (χ1) is 9.64. The summed E-state index contributed by atoms with van der Waals surface area (Å²) < 4.78 is 6.69. The number of aromatic nitrogens is 3. The molecular weight excluding hydrogens is 256 g/mol. The lowest BCUT2D eigenvalue weighted by Gasteiger charge is -2.22. The molecular formula is C14H18N4O2. The number of methoxy groups -OCH3 is 1. The van der Waals surface area contributed by atoms with Gasteiger partial charge in [0, 0.05) is 0 Å². The Labute approximate surface area is 116 Å². The van der Waals surface area contributed by atoms with Gasteiger partial charge in [0.05, 0.1) is 18.3 Å². The van der Waals surface area contributed by atoms with E-state index in [1.807, 2.05) is 24.3 Å². The fraction of sp³-hybridized carbons (Fsp3) is 0.429. The van der Waals surface area contributed by atoms with Gasteiger partial charge in [-0.1, -0.05) is 12.8 Å². The van der Waals surface area contributed by atoms with Gasteiger partial charge in [0.2, 0.25) is 0 Å². The summed E-state index contributed by atoms with van der Waals surface area (Å²) in [6.07, 6.45) is 3.85. The van der Waals surface area contributed by atoms with E-state index in [2.05, 4.69) is 10.2 Å². The lowest BCUT2D eigenvalue weighted by atomic mass is 9.98. The summed E-state index contributed by atoms with van der Waals surface area (Å²) in [5, 5.41) is 6.67. The maximum atomic E-state index is 12.1. The minimum atomic E-state index is -0.515. The van der Waals surface area contributed by atoms with Gasteiger partial charge in [-0.15, -0.1) is 0 Å². The summed E-state index contributed by atoms with van der Waals surface area (Å²) >= 11 is 0. The summed E-state index contributed by atoms with van der Waals surface area (Å²) in [7, 11) is 1.61. The van der Waals surface area contributed by atoms with Gasteiger partial charge in [0.15, 0.2) is 5.82 Å². The molecule has 0 amide bonds. The highest BCUT2D eigenvalue weighted by Gasteiger charge is 2.36. The van der Waals surface area contributed by atoms with Crippen molar-refractivity contribution in [3.8, 4) is 11.4 Å². The Morgan fingerprint density at radius 1 is 1.30 bits per heavy atom. The third-order valence-corrected chi connectivity index (χ3v) is 3.94. The van der Waals surface area contributed by atoms with Gasteiger partial charge in [-0.2, -0.15) is 5.10 Å². The number of hydrogen-bond donors (Lipinski definition) is 2. The van der Waals surface area contributed by atoms with Crippen molar-refractivity contribution in [3.05, 3.63) is 40.6 Å². The first-order valence-corrected chi connectivity index (χ1v) is 6.75. The molecule has 6 heteroatoms. The number of rotatable bonds is 3. The predicted octanol–water partition coefficient (Wildman–Crippen LogP) is 1.30.